The molecule has 0 atom stereocenters. The van der Waals surface area contributed by atoms with E-state index in [4.69, 9.17) is 10.4 Å². The van der Waals surface area contributed by atoms with Crippen molar-refractivity contribution in [1.29, 1.82) is 0 Å². The molecule has 4 aliphatic carbocycles. The Hall–Kier alpha value is -1.43. The molecule has 3 N–H and O–H groups in total. The Kier molecular flexibility index (Phi) is 2.27. The molecule has 102 valence electrons. The van der Waals surface area contributed by atoms with Crippen molar-refractivity contribution >= 4 is 5.91 Å². The molecule has 1 amide bonds. The Morgan fingerprint density at radius 1 is 1.21 bits per heavy atom. The van der Waals surface area contributed by atoms with Gasteiger partial charge in [0.05, 0.1) is 0 Å². The Morgan fingerprint density at radius 3 is 2.32 bits per heavy atom. The zero-order valence-corrected chi connectivity index (χ0v) is 10.8. The topological polar surface area (TPSA) is 94.0 Å². The summed E-state index contributed by atoms with van der Waals surface area (Å²) in [4.78, 5) is 15.7. The van der Waals surface area contributed by atoms with Gasteiger partial charge in [0, 0.05) is 5.41 Å². The minimum Gasteiger partial charge on any atom is -0.328 e. The molecule has 0 radical (unpaired) electrons. The lowest BCUT2D eigenvalue weighted by atomic mass is 9.49. The van der Waals surface area contributed by atoms with E-state index >= 15 is 0 Å². The van der Waals surface area contributed by atoms with Gasteiger partial charge < -0.3 is 4.52 Å². The van der Waals surface area contributed by atoms with Crippen LogP contribution in [0.4, 0.5) is 0 Å². The molecule has 6 nitrogen and oxygen atoms in total. The van der Waals surface area contributed by atoms with Crippen LogP contribution in [0.25, 0.3) is 0 Å². The van der Waals surface area contributed by atoms with Crippen LogP contribution in [0.1, 0.15) is 55.0 Å². The van der Waals surface area contributed by atoms with Gasteiger partial charge >= 0.3 is 11.8 Å². The maximum absolute atomic E-state index is 11.4. The number of hydrogen-bond acceptors (Lipinski definition) is 5. The Morgan fingerprint density at radius 2 is 1.79 bits per heavy atom. The molecule has 1 aromatic rings. The second-order valence-electron chi connectivity index (χ2n) is 6.59. The van der Waals surface area contributed by atoms with Crippen LogP contribution in [0.5, 0.6) is 0 Å². The van der Waals surface area contributed by atoms with Gasteiger partial charge in [-0.05, 0) is 56.3 Å². The van der Waals surface area contributed by atoms with E-state index in [-0.39, 0.29) is 11.3 Å². The number of nitrogen functional groups attached to an aromatic ring is 1. The summed E-state index contributed by atoms with van der Waals surface area (Å²) in [5.41, 5.74) is 2.09. The number of nitrogens with two attached hydrogens (primary N) is 1. The van der Waals surface area contributed by atoms with E-state index in [1.165, 1.54) is 19.3 Å². The van der Waals surface area contributed by atoms with E-state index in [9.17, 15) is 4.79 Å². The molecule has 4 saturated carbocycles. The fourth-order valence-corrected chi connectivity index (χ4v) is 4.98. The van der Waals surface area contributed by atoms with Crippen molar-refractivity contribution in [1.82, 2.24) is 15.6 Å². The Bertz CT molecular complexity index is 489. The molecular formula is C13H18N4O2. The maximum Gasteiger partial charge on any atom is 0.323 e. The third-order valence-corrected chi connectivity index (χ3v) is 5.26. The van der Waals surface area contributed by atoms with Crippen LogP contribution in [-0.2, 0) is 5.41 Å². The highest BCUT2D eigenvalue weighted by Gasteiger charge is 2.53. The first kappa shape index (κ1) is 11.4. The first-order valence-electron chi connectivity index (χ1n) is 7.04. The summed E-state index contributed by atoms with van der Waals surface area (Å²) in [6, 6.07) is 0. The predicted molar refractivity (Wildman–Crippen MR) is 65.8 cm³/mol. The van der Waals surface area contributed by atoms with Crippen LogP contribution < -0.4 is 11.3 Å². The van der Waals surface area contributed by atoms with Crippen molar-refractivity contribution in [3.63, 3.8) is 0 Å². The fraction of sp³-hybridized carbons (Fsp3) is 0.769. The molecule has 19 heavy (non-hydrogen) atoms. The van der Waals surface area contributed by atoms with Crippen LogP contribution in [0, 0.1) is 17.8 Å². The highest BCUT2D eigenvalue weighted by molar-refractivity contribution is 5.88. The molecule has 1 aromatic heterocycles. The number of hydrogen-bond donors (Lipinski definition) is 2. The largest absolute Gasteiger partial charge is 0.328 e. The second-order valence-corrected chi connectivity index (χ2v) is 6.59. The lowest BCUT2D eigenvalue weighted by Crippen LogP contribution is -2.49. The number of hydrazine groups is 1. The summed E-state index contributed by atoms with van der Waals surface area (Å²) in [6.45, 7) is 0. The number of rotatable bonds is 2. The average molecular weight is 262 g/mol. The van der Waals surface area contributed by atoms with E-state index in [0.29, 0.717) is 0 Å². The molecule has 4 aliphatic rings. The molecule has 0 unspecified atom stereocenters. The van der Waals surface area contributed by atoms with Crippen LogP contribution >= 0.6 is 0 Å². The molecule has 6 heteroatoms. The molecule has 0 saturated heterocycles. The van der Waals surface area contributed by atoms with Crippen molar-refractivity contribution in [2.45, 2.75) is 43.9 Å². The average Bonchev–Trinajstić information content (AvgIpc) is 2.86. The molecular weight excluding hydrogens is 244 g/mol. The smallest absolute Gasteiger partial charge is 0.323 e. The molecule has 1 heterocycles. The zero-order valence-electron chi connectivity index (χ0n) is 10.8. The van der Waals surface area contributed by atoms with E-state index in [1.54, 1.807) is 0 Å². The number of amides is 1. The van der Waals surface area contributed by atoms with Crippen molar-refractivity contribution in [3.8, 4) is 0 Å². The summed E-state index contributed by atoms with van der Waals surface area (Å²) in [7, 11) is 0. The van der Waals surface area contributed by atoms with Gasteiger partial charge in [-0.15, -0.1) is 0 Å². The SMILES string of the molecule is NNC(=O)c1nc(C23CC4CC(CC(C4)C2)C3)no1. The van der Waals surface area contributed by atoms with Crippen molar-refractivity contribution in [3.05, 3.63) is 11.7 Å². The van der Waals surface area contributed by atoms with E-state index in [1.807, 2.05) is 5.43 Å². The number of carbonyl (C=O) groups is 1. The quantitative estimate of drug-likeness (QED) is 0.473. The zero-order chi connectivity index (χ0) is 13.0. The van der Waals surface area contributed by atoms with Crippen LogP contribution in [0.15, 0.2) is 4.52 Å². The number of aromatic nitrogens is 2. The lowest BCUT2D eigenvalue weighted by molar-refractivity contribution is -0.0103. The molecule has 0 spiro atoms. The first-order chi connectivity index (χ1) is 9.18. The molecule has 4 fully saturated rings. The monoisotopic (exact) mass is 262 g/mol. The van der Waals surface area contributed by atoms with Gasteiger partial charge in [0.15, 0.2) is 5.82 Å². The summed E-state index contributed by atoms with van der Waals surface area (Å²) in [6.07, 6.45) is 7.57. The number of nitrogens with zero attached hydrogens (tertiary/aromatic N) is 2. The second kappa shape index (κ2) is 3.79. The molecule has 5 rings (SSSR count). The van der Waals surface area contributed by atoms with Crippen molar-refractivity contribution in [2.24, 2.45) is 23.6 Å². The van der Waals surface area contributed by atoms with E-state index in [2.05, 4.69) is 10.1 Å². The summed E-state index contributed by atoms with van der Waals surface area (Å²) >= 11 is 0. The van der Waals surface area contributed by atoms with E-state index < -0.39 is 5.91 Å². The summed E-state index contributed by atoms with van der Waals surface area (Å²) in [5.74, 6) is 7.74. The highest BCUT2D eigenvalue weighted by Crippen LogP contribution is 2.60. The third-order valence-electron chi connectivity index (χ3n) is 5.26. The molecule has 0 aliphatic heterocycles. The minimum absolute atomic E-state index is 0.0201. The summed E-state index contributed by atoms with van der Waals surface area (Å²) in [5, 5.41) is 4.07. The standard InChI is InChI=1S/C13H18N4O2/c14-16-10(18)11-15-12(17-19-11)13-4-7-1-8(5-13)3-9(2-7)6-13/h7-9H,1-6,14H2,(H,16,18). The van der Waals surface area contributed by atoms with Gasteiger partial charge in [0.1, 0.15) is 0 Å². The fourth-order valence-electron chi connectivity index (χ4n) is 4.98. The van der Waals surface area contributed by atoms with Gasteiger partial charge in [-0.2, -0.15) is 4.98 Å². The van der Waals surface area contributed by atoms with Gasteiger partial charge in [-0.3, -0.25) is 10.2 Å². The highest BCUT2D eigenvalue weighted by atomic mass is 16.5. The summed E-state index contributed by atoms with van der Waals surface area (Å²) < 4.78 is 5.05. The predicted octanol–water partition coefficient (Wildman–Crippen LogP) is 1.14. The molecule has 4 bridgehead atoms. The lowest BCUT2D eigenvalue weighted by Gasteiger charge is -2.55. The first-order valence-corrected chi connectivity index (χ1v) is 7.04. The van der Waals surface area contributed by atoms with Gasteiger partial charge in [-0.1, -0.05) is 5.16 Å². The maximum atomic E-state index is 11.4. The number of carbonyl (C=O) groups excluding carboxylic acids is 1. The van der Waals surface area contributed by atoms with Gasteiger partial charge in [0.25, 0.3) is 0 Å². The van der Waals surface area contributed by atoms with E-state index in [0.717, 1.165) is 42.8 Å². The minimum atomic E-state index is -0.511. The van der Waals surface area contributed by atoms with Crippen LogP contribution in [0.2, 0.25) is 0 Å². The Labute approximate surface area is 111 Å². The Balaban J connectivity index is 1.68. The normalized spacial score (nSPS) is 39.5. The van der Waals surface area contributed by atoms with Crippen LogP contribution in [-0.4, -0.2) is 16.0 Å². The van der Waals surface area contributed by atoms with Crippen LogP contribution in [0.3, 0.4) is 0 Å². The van der Waals surface area contributed by atoms with Crippen molar-refractivity contribution < 1.29 is 9.32 Å². The third kappa shape index (κ3) is 1.62. The van der Waals surface area contributed by atoms with Gasteiger partial charge in [0.2, 0.25) is 0 Å². The van der Waals surface area contributed by atoms with Crippen molar-refractivity contribution in [2.75, 3.05) is 0 Å². The molecule has 0 aromatic carbocycles. The number of nitrogens with one attached hydrogen (secondary N) is 1. The van der Waals surface area contributed by atoms with Gasteiger partial charge in [-0.25, -0.2) is 5.84 Å².